The molecule has 8 heteroatoms. The van der Waals surface area contributed by atoms with Crippen LogP contribution in [0.15, 0.2) is 66.0 Å². The molecule has 0 aliphatic carbocycles. The maximum atomic E-state index is 13.1. The van der Waals surface area contributed by atoms with Crippen molar-refractivity contribution in [2.24, 2.45) is 0 Å². The molecule has 0 unspecified atom stereocenters. The number of thiophene rings is 1. The van der Waals surface area contributed by atoms with Crippen LogP contribution >= 0.6 is 11.3 Å². The number of nitrogens with two attached hydrogens (primary N) is 1. The first-order valence-electron chi connectivity index (χ1n) is 11.7. The minimum Gasteiger partial charge on any atom is -0.390 e. The van der Waals surface area contributed by atoms with Crippen LogP contribution in [0.3, 0.4) is 0 Å². The van der Waals surface area contributed by atoms with Crippen LogP contribution in [0.25, 0.3) is 11.1 Å². The highest BCUT2D eigenvalue weighted by Gasteiger charge is 2.39. The number of anilines is 1. The van der Waals surface area contributed by atoms with Crippen LogP contribution in [0.1, 0.15) is 43.0 Å². The van der Waals surface area contributed by atoms with Gasteiger partial charge in [-0.15, -0.1) is 11.3 Å². The number of aliphatic hydroxyl groups is 2. The van der Waals surface area contributed by atoms with E-state index in [4.69, 9.17) is 5.73 Å². The van der Waals surface area contributed by atoms with E-state index in [1.165, 1.54) is 16.2 Å². The van der Waals surface area contributed by atoms with Crippen LogP contribution in [0, 0.1) is 0 Å². The van der Waals surface area contributed by atoms with Gasteiger partial charge in [0.2, 0.25) is 0 Å². The summed E-state index contributed by atoms with van der Waals surface area (Å²) in [5, 5.41) is 24.0. The van der Waals surface area contributed by atoms with Gasteiger partial charge < -0.3 is 25.7 Å². The fourth-order valence-corrected chi connectivity index (χ4v) is 5.28. The van der Waals surface area contributed by atoms with Crippen molar-refractivity contribution in [1.82, 2.24) is 9.80 Å². The fraction of sp³-hybridized carbons (Fsp3) is 0.333. The van der Waals surface area contributed by atoms with Gasteiger partial charge in [0.05, 0.1) is 17.1 Å². The Labute approximate surface area is 209 Å². The molecular weight excluding hydrogens is 462 g/mol. The van der Waals surface area contributed by atoms with Crippen molar-refractivity contribution in [2.45, 2.75) is 44.1 Å². The summed E-state index contributed by atoms with van der Waals surface area (Å²) in [6.45, 7) is 2.31. The van der Waals surface area contributed by atoms with Crippen LogP contribution in [-0.2, 0) is 9.59 Å². The normalized spacial score (nSPS) is 18.2. The molecule has 1 aliphatic rings. The van der Waals surface area contributed by atoms with E-state index in [-0.39, 0.29) is 12.1 Å². The summed E-state index contributed by atoms with van der Waals surface area (Å²) in [5.74, 6) is -1.34. The molecule has 2 heterocycles. The number of hydrogen-bond donors (Lipinski definition) is 3. The van der Waals surface area contributed by atoms with Gasteiger partial charge in [0, 0.05) is 19.2 Å². The molecule has 2 aromatic carbocycles. The maximum Gasteiger partial charge on any atom is 0.255 e. The first kappa shape index (κ1) is 24.9. The van der Waals surface area contributed by atoms with Gasteiger partial charge in [0.1, 0.15) is 0 Å². The molecule has 0 bridgehead atoms. The van der Waals surface area contributed by atoms with Crippen molar-refractivity contribution in [3.8, 4) is 11.1 Å². The van der Waals surface area contributed by atoms with Crippen molar-refractivity contribution >= 4 is 28.2 Å². The topological polar surface area (TPSA) is 107 Å². The predicted molar refractivity (Wildman–Crippen MR) is 137 cm³/mol. The number of carbonyl (C=O) groups is 2. The lowest BCUT2D eigenvalue weighted by molar-refractivity contribution is -0.159. The van der Waals surface area contributed by atoms with E-state index < -0.39 is 24.0 Å². The summed E-state index contributed by atoms with van der Waals surface area (Å²) >= 11 is 1.48. The van der Waals surface area contributed by atoms with E-state index in [0.29, 0.717) is 6.54 Å². The Kier molecular flexibility index (Phi) is 7.54. The molecule has 4 rings (SSSR count). The van der Waals surface area contributed by atoms with Gasteiger partial charge in [-0.05, 0) is 47.9 Å². The van der Waals surface area contributed by atoms with Gasteiger partial charge in [-0.3, -0.25) is 9.59 Å². The number of aliphatic hydroxyl groups excluding tert-OH is 2. The monoisotopic (exact) mass is 493 g/mol. The second-order valence-corrected chi connectivity index (χ2v) is 9.88. The van der Waals surface area contributed by atoms with E-state index in [1.54, 1.807) is 11.9 Å². The molecular formula is C27H31N3O4S. The smallest absolute Gasteiger partial charge is 0.255 e. The second-order valence-electron chi connectivity index (χ2n) is 8.94. The summed E-state index contributed by atoms with van der Waals surface area (Å²) < 4.78 is 0. The van der Waals surface area contributed by atoms with Crippen molar-refractivity contribution in [2.75, 3.05) is 19.3 Å². The van der Waals surface area contributed by atoms with Crippen molar-refractivity contribution < 1.29 is 19.8 Å². The molecule has 4 atom stereocenters. The lowest BCUT2D eigenvalue weighted by atomic mass is 10.0. The minimum atomic E-state index is -1.85. The molecule has 7 nitrogen and oxygen atoms in total. The number of hydrogen-bond acceptors (Lipinski definition) is 6. The Morgan fingerprint density at radius 1 is 1.06 bits per heavy atom. The zero-order valence-electron chi connectivity index (χ0n) is 19.9. The standard InChI is InChI=1S/C27H31N3O4S/c1-17(18-10-12-19(13-11-18)21-14-16-35-25(21)28)29(2)26(33)23(31)24(32)27(34)30-15-6-9-22(30)20-7-4-3-5-8-20/h3-5,7-8,10-14,16-17,22-24,31-32H,6,9,15,28H2,1-2H3/t17-,22-,23-,24-/m1/s1. The first-order chi connectivity index (χ1) is 16.8. The lowest BCUT2D eigenvalue weighted by Gasteiger charge is -2.31. The van der Waals surface area contributed by atoms with Crippen molar-refractivity contribution in [3.63, 3.8) is 0 Å². The molecule has 1 aromatic heterocycles. The molecule has 2 amide bonds. The molecule has 0 spiro atoms. The Bertz CT molecular complexity index is 1160. The Morgan fingerprint density at radius 2 is 1.74 bits per heavy atom. The van der Waals surface area contributed by atoms with Crippen LogP contribution in [-0.4, -0.2) is 57.6 Å². The van der Waals surface area contributed by atoms with Crippen molar-refractivity contribution in [1.29, 1.82) is 0 Å². The summed E-state index contributed by atoms with van der Waals surface area (Å²) in [7, 11) is 1.56. The molecule has 1 aliphatic heterocycles. The summed E-state index contributed by atoms with van der Waals surface area (Å²) in [6, 6.07) is 18.7. The number of likely N-dealkylation sites (N-methyl/N-ethyl adjacent to an activating group) is 1. The SMILES string of the molecule is C[C@H](c1ccc(-c2ccsc2N)cc1)N(C)C(=O)[C@H](O)[C@@H](O)C(=O)N1CCC[C@@H]1c1ccccc1. The van der Waals surface area contributed by atoms with Gasteiger partial charge in [-0.2, -0.15) is 0 Å². The van der Waals surface area contributed by atoms with E-state index in [1.807, 2.05) is 73.0 Å². The third-order valence-electron chi connectivity index (χ3n) is 6.85. The summed E-state index contributed by atoms with van der Waals surface area (Å²) in [5.41, 5.74) is 9.79. The van der Waals surface area contributed by atoms with Gasteiger partial charge in [0.15, 0.2) is 12.2 Å². The second kappa shape index (κ2) is 10.6. The number of benzene rings is 2. The molecule has 1 saturated heterocycles. The zero-order valence-corrected chi connectivity index (χ0v) is 20.7. The van der Waals surface area contributed by atoms with Gasteiger partial charge in [0.25, 0.3) is 11.8 Å². The molecule has 1 fully saturated rings. The fourth-order valence-electron chi connectivity index (χ4n) is 4.62. The van der Waals surface area contributed by atoms with Crippen LogP contribution < -0.4 is 5.73 Å². The molecule has 0 saturated carbocycles. The number of carbonyl (C=O) groups excluding carboxylic acids is 2. The lowest BCUT2D eigenvalue weighted by Crippen LogP contribution is -2.51. The Balaban J connectivity index is 1.42. The highest BCUT2D eigenvalue weighted by Crippen LogP contribution is 2.33. The average Bonchev–Trinajstić information content (AvgIpc) is 3.56. The highest BCUT2D eigenvalue weighted by molar-refractivity contribution is 7.14. The van der Waals surface area contributed by atoms with E-state index in [0.717, 1.165) is 40.1 Å². The van der Waals surface area contributed by atoms with Gasteiger partial charge >= 0.3 is 0 Å². The third kappa shape index (κ3) is 5.10. The first-order valence-corrected chi connectivity index (χ1v) is 12.6. The molecule has 184 valence electrons. The van der Waals surface area contributed by atoms with Gasteiger partial charge in [-0.1, -0.05) is 54.6 Å². The predicted octanol–water partition coefficient (Wildman–Crippen LogP) is 3.60. The Morgan fingerprint density at radius 3 is 2.37 bits per heavy atom. The number of nitrogen functional groups attached to an aromatic ring is 1. The Hall–Kier alpha value is -3.20. The van der Waals surface area contributed by atoms with Crippen LogP contribution in [0.4, 0.5) is 5.00 Å². The number of amides is 2. The molecule has 35 heavy (non-hydrogen) atoms. The number of rotatable bonds is 7. The minimum absolute atomic E-state index is 0.173. The molecule has 3 aromatic rings. The molecule has 4 N–H and O–H groups in total. The molecule has 0 radical (unpaired) electrons. The van der Waals surface area contributed by atoms with Crippen LogP contribution in [0.5, 0.6) is 0 Å². The van der Waals surface area contributed by atoms with E-state index >= 15 is 0 Å². The number of nitrogens with zero attached hydrogens (tertiary/aromatic N) is 2. The average molecular weight is 494 g/mol. The van der Waals surface area contributed by atoms with E-state index in [2.05, 4.69) is 0 Å². The number of likely N-dealkylation sites (tertiary alicyclic amines) is 1. The van der Waals surface area contributed by atoms with Crippen LogP contribution in [0.2, 0.25) is 0 Å². The zero-order chi connectivity index (χ0) is 25.1. The third-order valence-corrected chi connectivity index (χ3v) is 7.60. The highest BCUT2D eigenvalue weighted by atomic mass is 32.1. The van der Waals surface area contributed by atoms with Gasteiger partial charge in [-0.25, -0.2) is 0 Å². The summed E-state index contributed by atoms with van der Waals surface area (Å²) in [6.07, 6.45) is -2.11. The summed E-state index contributed by atoms with van der Waals surface area (Å²) in [4.78, 5) is 29.0. The van der Waals surface area contributed by atoms with Crippen molar-refractivity contribution in [3.05, 3.63) is 77.2 Å². The van der Waals surface area contributed by atoms with E-state index in [9.17, 15) is 19.8 Å². The largest absolute Gasteiger partial charge is 0.390 e. The maximum absolute atomic E-state index is 13.1. The quantitative estimate of drug-likeness (QED) is 0.466.